The van der Waals surface area contributed by atoms with Crippen molar-refractivity contribution in [2.75, 3.05) is 43.0 Å². The van der Waals surface area contributed by atoms with Crippen molar-refractivity contribution in [3.63, 3.8) is 0 Å². The predicted molar refractivity (Wildman–Crippen MR) is 166 cm³/mol. The van der Waals surface area contributed by atoms with Crippen LogP contribution in [0.1, 0.15) is 25.3 Å². The van der Waals surface area contributed by atoms with Gasteiger partial charge >= 0.3 is 5.56 Å². The largest absolute Gasteiger partial charge is 0.486 e. The first-order valence-corrected chi connectivity index (χ1v) is 16.0. The molecule has 2 aromatic carbocycles. The Hall–Kier alpha value is -4.00. The molecule has 2 aliphatic rings. The Kier molecular flexibility index (Phi) is 8.08. The highest BCUT2D eigenvalue weighted by Crippen LogP contribution is 2.45. The number of aromatic nitrogens is 4. The number of nitrogens with zero attached hydrogens (tertiary/aromatic N) is 6. The van der Waals surface area contributed by atoms with Gasteiger partial charge in [0.15, 0.2) is 0 Å². The summed E-state index contributed by atoms with van der Waals surface area (Å²) in [6.07, 6.45) is 6.97. The molecule has 1 aliphatic carbocycles. The maximum Gasteiger partial charge on any atom is 0.316 e. The van der Waals surface area contributed by atoms with Crippen LogP contribution in [0.3, 0.4) is 0 Å². The number of hydrogen-bond donors (Lipinski definition) is 1. The van der Waals surface area contributed by atoms with Crippen LogP contribution in [-0.4, -0.2) is 65.3 Å². The van der Waals surface area contributed by atoms with E-state index in [0.717, 1.165) is 12.8 Å². The van der Waals surface area contributed by atoms with Gasteiger partial charge in [-0.1, -0.05) is 36.7 Å². The third-order valence-corrected chi connectivity index (χ3v) is 9.79. The van der Waals surface area contributed by atoms with Gasteiger partial charge in [0.25, 0.3) is 0 Å². The molecule has 43 heavy (non-hydrogen) atoms. The van der Waals surface area contributed by atoms with Crippen LogP contribution < -0.4 is 20.5 Å². The second kappa shape index (κ2) is 11.9. The Labute approximate surface area is 255 Å². The van der Waals surface area contributed by atoms with Gasteiger partial charge in [-0.15, -0.1) is 0 Å². The fourth-order valence-electron chi connectivity index (χ4n) is 4.93. The lowest BCUT2D eigenvalue weighted by molar-refractivity contribution is 0.242. The number of benzene rings is 2. The minimum atomic E-state index is -3.60. The number of anilines is 3. The van der Waals surface area contributed by atoms with Crippen molar-refractivity contribution < 1.29 is 13.2 Å². The van der Waals surface area contributed by atoms with Crippen LogP contribution in [0, 0.1) is 5.41 Å². The minimum absolute atomic E-state index is 0.0571. The molecule has 0 radical (unpaired) electrons. The van der Waals surface area contributed by atoms with Gasteiger partial charge in [-0.3, -0.25) is 4.79 Å². The number of nitrogens with one attached hydrogen (secondary N) is 1. The summed E-state index contributed by atoms with van der Waals surface area (Å²) in [4.78, 5) is 23.9. The van der Waals surface area contributed by atoms with Gasteiger partial charge in [-0.05, 0) is 54.8 Å². The molecule has 1 aliphatic heterocycles. The Morgan fingerprint density at radius 2 is 1.74 bits per heavy atom. The lowest BCUT2D eigenvalue weighted by Crippen LogP contribution is -2.49. The van der Waals surface area contributed by atoms with Crippen molar-refractivity contribution in [2.24, 2.45) is 5.41 Å². The van der Waals surface area contributed by atoms with Crippen LogP contribution in [-0.2, 0) is 15.8 Å². The van der Waals surface area contributed by atoms with E-state index in [9.17, 15) is 13.2 Å². The van der Waals surface area contributed by atoms with Crippen LogP contribution in [0.5, 0.6) is 5.75 Å². The van der Waals surface area contributed by atoms with Crippen LogP contribution in [0.15, 0.2) is 78.0 Å². The fourth-order valence-corrected chi connectivity index (χ4v) is 6.61. The van der Waals surface area contributed by atoms with E-state index < -0.39 is 10.0 Å². The zero-order valence-electron chi connectivity index (χ0n) is 23.7. The van der Waals surface area contributed by atoms with Crippen molar-refractivity contribution in [3.05, 3.63) is 94.1 Å². The average molecular weight is 622 g/mol. The summed E-state index contributed by atoms with van der Waals surface area (Å²) in [6.45, 7) is 3.88. The molecule has 1 saturated carbocycles. The Morgan fingerprint density at radius 3 is 2.47 bits per heavy atom. The standard InChI is InChI=1S/C30H32ClN7O4S/c1-30(9-10-30)21-42-27-26(19-34-38(28(27)39)25-8-3-6-23(31)18-25)36-13-15-37(16-14-36)43(40,41)20-22-5-2-7-24(17-22)35-29-32-11-4-12-33-29/h2-8,11-12,17-19H,9-10,13-16,20-21H2,1H3,(H,32,33,35). The second-order valence-corrected chi connectivity index (χ2v) is 13.6. The van der Waals surface area contributed by atoms with E-state index in [0.29, 0.717) is 53.3 Å². The van der Waals surface area contributed by atoms with Gasteiger partial charge in [0, 0.05) is 54.7 Å². The molecule has 2 aromatic heterocycles. The Morgan fingerprint density at radius 1 is 1.00 bits per heavy atom. The van der Waals surface area contributed by atoms with Crippen LogP contribution in [0.4, 0.5) is 17.3 Å². The molecule has 0 atom stereocenters. The van der Waals surface area contributed by atoms with Crippen molar-refractivity contribution >= 4 is 38.9 Å². The van der Waals surface area contributed by atoms with Gasteiger partial charge in [0.1, 0.15) is 5.69 Å². The van der Waals surface area contributed by atoms with Crippen molar-refractivity contribution in [1.29, 1.82) is 0 Å². The second-order valence-electron chi connectivity index (χ2n) is 11.2. The lowest BCUT2D eigenvalue weighted by atomic mass is 10.2. The molecule has 11 nitrogen and oxygen atoms in total. The summed E-state index contributed by atoms with van der Waals surface area (Å²) in [5.41, 5.74) is 2.14. The van der Waals surface area contributed by atoms with E-state index in [-0.39, 0.29) is 35.6 Å². The molecule has 6 rings (SSSR count). The van der Waals surface area contributed by atoms with Crippen LogP contribution >= 0.6 is 11.6 Å². The molecular weight excluding hydrogens is 590 g/mol. The maximum absolute atomic E-state index is 13.6. The minimum Gasteiger partial charge on any atom is -0.486 e. The van der Waals surface area contributed by atoms with Crippen molar-refractivity contribution in [1.82, 2.24) is 24.1 Å². The average Bonchev–Trinajstić information content (AvgIpc) is 3.74. The molecule has 0 spiro atoms. The summed E-state index contributed by atoms with van der Waals surface area (Å²) in [5, 5.41) is 8.01. The predicted octanol–water partition coefficient (Wildman–Crippen LogP) is 4.25. The molecule has 0 amide bonds. The summed E-state index contributed by atoms with van der Waals surface area (Å²) in [5.74, 6) is 0.511. The molecule has 0 unspecified atom stereocenters. The highest BCUT2D eigenvalue weighted by molar-refractivity contribution is 7.88. The topological polar surface area (TPSA) is 123 Å². The third kappa shape index (κ3) is 6.82. The molecule has 13 heteroatoms. The zero-order chi connectivity index (χ0) is 30.0. The van der Waals surface area contributed by atoms with Gasteiger partial charge < -0.3 is 15.0 Å². The highest BCUT2D eigenvalue weighted by Gasteiger charge is 2.39. The number of halogens is 1. The lowest BCUT2D eigenvalue weighted by Gasteiger charge is -2.35. The molecule has 1 N–H and O–H groups in total. The van der Waals surface area contributed by atoms with Crippen molar-refractivity contribution in [3.8, 4) is 11.4 Å². The smallest absolute Gasteiger partial charge is 0.316 e. The quantitative estimate of drug-likeness (QED) is 0.277. The summed E-state index contributed by atoms with van der Waals surface area (Å²) < 4.78 is 35.8. The number of rotatable bonds is 10. The number of sulfonamides is 1. The van der Waals surface area contributed by atoms with E-state index >= 15 is 0 Å². The van der Waals surface area contributed by atoms with Gasteiger partial charge in [-0.2, -0.15) is 14.1 Å². The molecular formula is C30H32ClN7O4S. The molecule has 4 aromatic rings. The number of piperazine rings is 1. The Bertz CT molecular complexity index is 1770. The highest BCUT2D eigenvalue weighted by atomic mass is 35.5. The Balaban J connectivity index is 1.17. The van der Waals surface area contributed by atoms with E-state index in [1.54, 1.807) is 67.1 Å². The summed E-state index contributed by atoms with van der Waals surface area (Å²) in [7, 11) is -3.60. The summed E-state index contributed by atoms with van der Waals surface area (Å²) >= 11 is 6.17. The van der Waals surface area contributed by atoms with Crippen LogP contribution in [0.2, 0.25) is 5.02 Å². The van der Waals surface area contributed by atoms with E-state index in [2.05, 4.69) is 27.3 Å². The number of ether oxygens (including phenoxy) is 1. The SMILES string of the molecule is CC1(COc2c(N3CCN(S(=O)(=O)Cc4cccc(Nc5ncccn5)c4)CC3)cnn(-c3cccc(Cl)c3)c2=O)CC1. The first-order chi connectivity index (χ1) is 20.7. The molecule has 224 valence electrons. The third-order valence-electron chi connectivity index (χ3n) is 7.71. The first-order valence-electron chi connectivity index (χ1n) is 14.1. The molecule has 0 bridgehead atoms. The molecule has 1 saturated heterocycles. The first kappa shape index (κ1) is 29.1. The maximum atomic E-state index is 13.6. The molecule has 2 fully saturated rings. The zero-order valence-corrected chi connectivity index (χ0v) is 25.3. The van der Waals surface area contributed by atoms with Crippen LogP contribution in [0.25, 0.3) is 5.69 Å². The molecule has 3 heterocycles. The van der Waals surface area contributed by atoms with Gasteiger partial charge in [-0.25, -0.2) is 18.4 Å². The van der Waals surface area contributed by atoms with Gasteiger partial charge in [0.05, 0.1) is 24.2 Å². The normalized spacial score (nSPS) is 16.6. The summed E-state index contributed by atoms with van der Waals surface area (Å²) in [6, 6.07) is 15.9. The monoisotopic (exact) mass is 621 g/mol. The van der Waals surface area contributed by atoms with Gasteiger partial charge in [0.2, 0.25) is 21.7 Å². The fraction of sp³-hybridized carbons (Fsp3) is 0.333. The van der Waals surface area contributed by atoms with Crippen molar-refractivity contribution in [2.45, 2.75) is 25.5 Å². The van der Waals surface area contributed by atoms with E-state index in [4.69, 9.17) is 16.3 Å². The number of hydrogen-bond acceptors (Lipinski definition) is 9. The van der Waals surface area contributed by atoms with E-state index in [1.807, 2.05) is 11.0 Å². The van der Waals surface area contributed by atoms with E-state index in [1.165, 1.54) is 8.99 Å².